The number of benzene rings is 2. The standard InChI is InChI=1S/C22H23N5O2/c1-4-26(5-2)16-13-11-15(12-14-16)23-19-20(22(28)29-6-3)25-27-18-10-8-7-9-17(18)24-21(19)27/h7-14H,4-6H2,1-3H3. The van der Waals surface area contributed by atoms with E-state index in [0.29, 0.717) is 11.5 Å². The molecule has 4 rings (SSSR count). The Morgan fingerprint density at radius 1 is 1.07 bits per heavy atom. The SMILES string of the molecule is CCOC(=O)C1=Nn2c(nc3ccccc32)C1=Nc1ccc(N(CC)CC)cc1. The van der Waals surface area contributed by atoms with Crippen molar-refractivity contribution in [1.82, 2.24) is 9.66 Å². The number of aromatic nitrogens is 2. The Hall–Kier alpha value is -3.48. The predicted octanol–water partition coefficient (Wildman–Crippen LogP) is 3.78. The Morgan fingerprint density at radius 3 is 2.48 bits per heavy atom. The van der Waals surface area contributed by atoms with E-state index in [4.69, 9.17) is 9.73 Å². The number of ether oxygens (including phenoxy) is 1. The lowest BCUT2D eigenvalue weighted by atomic mass is 10.2. The maximum absolute atomic E-state index is 12.5. The van der Waals surface area contributed by atoms with Crippen molar-refractivity contribution in [1.29, 1.82) is 0 Å². The molecule has 148 valence electrons. The van der Waals surface area contributed by atoms with Crippen LogP contribution in [0.3, 0.4) is 0 Å². The topological polar surface area (TPSA) is 72.1 Å². The summed E-state index contributed by atoms with van der Waals surface area (Å²) >= 11 is 0. The van der Waals surface area contributed by atoms with Crippen LogP contribution in [0.1, 0.15) is 26.6 Å². The number of fused-ring (bicyclic) bond motifs is 3. The molecular formula is C22H23N5O2. The zero-order valence-electron chi connectivity index (χ0n) is 16.8. The van der Waals surface area contributed by atoms with Gasteiger partial charge in [0, 0.05) is 18.8 Å². The quantitative estimate of drug-likeness (QED) is 0.602. The van der Waals surface area contributed by atoms with E-state index >= 15 is 0 Å². The van der Waals surface area contributed by atoms with Crippen LogP contribution in [0, 0.1) is 0 Å². The summed E-state index contributed by atoms with van der Waals surface area (Å²) in [5.74, 6) is 0.0441. The molecule has 7 nitrogen and oxygen atoms in total. The minimum atomic E-state index is -0.499. The van der Waals surface area contributed by atoms with Crippen molar-refractivity contribution < 1.29 is 9.53 Å². The first-order chi connectivity index (χ1) is 14.2. The first kappa shape index (κ1) is 18.9. The lowest BCUT2D eigenvalue weighted by molar-refractivity contribution is -0.134. The van der Waals surface area contributed by atoms with Gasteiger partial charge in [-0.3, -0.25) is 0 Å². The fraction of sp³-hybridized carbons (Fsp3) is 0.273. The molecule has 3 aromatic rings. The number of anilines is 1. The van der Waals surface area contributed by atoms with Crippen LogP contribution in [0.15, 0.2) is 58.6 Å². The molecule has 0 aliphatic carbocycles. The molecule has 0 unspecified atom stereocenters. The number of hydrogen-bond donors (Lipinski definition) is 0. The van der Waals surface area contributed by atoms with Gasteiger partial charge < -0.3 is 9.64 Å². The molecule has 0 amide bonds. The summed E-state index contributed by atoms with van der Waals surface area (Å²) in [7, 11) is 0. The second-order valence-electron chi connectivity index (χ2n) is 6.55. The molecular weight excluding hydrogens is 366 g/mol. The molecule has 29 heavy (non-hydrogen) atoms. The first-order valence-corrected chi connectivity index (χ1v) is 9.84. The van der Waals surface area contributed by atoms with Gasteiger partial charge in [0.15, 0.2) is 11.5 Å². The molecule has 0 saturated heterocycles. The highest BCUT2D eigenvalue weighted by molar-refractivity contribution is 6.69. The fourth-order valence-corrected chi connectivity index (χ4v) is 3.42. The summed E-state index contributed by atoms with van der Waals surface area (Å²) in [4.78, 5) is 24.1. The Bertz CT molecular complexity index is 1110. The fourth-order valence-electron chi connectivity index (χ4n) is 3.42. The number of esters is 1. The number of rotatable bonds is 6. The van der Waals surface area contributed by atoms with E-state index < -0.39 is 5.97 Å². The number of nitrogens with zero attached hydrogens (tertiary/aromatic N) is 5. The highest BCUT2D eigenvalue weighted by Crippen LogP contribution is 2.25. The van der Waals surface area contributed by atoms with Crippen LogP contribution in [0.25, 0.3) is 11.0 Å². The van der Waals surface area contributed by atoms with E-state index in [1.807, 2.05) is 48.5 Å². The van der Waals surface area contributed by atoms with Crippen LogP contribution in [0.4, 0.5) is 11.4 Å². The van der Waals surface area contributed by atoms with E-state index in [9.17, 15) is 4.79 Å². The van der Waals surface area contributed by atoms with Crippen molar-refractivity contribution in [2.24, 2.45) is 10.1 Å². The summed E-state index contributed by atoms with van der Waals surface area (Å²) < 4.78 is 6.85. The third-order valence-electron chi connectivity index (χ3n) is 4.86. The van der Waals surface area contributed by atoms with Gasteiger partial charge in [0.05, 0.1) is 23.3 Å². The maximum Gasteiger partial charge on any atom is 0.361 e. The van der Waals surface area contributed by atoms with E-state index in [1.165, 1.54) is 0 Å². The summed E-state index contributed by atoms with van der Waals surface area (Å²) in [6.45, 7) is 8.17. The lowest BCUT2D eigenvalue weighted by Crippen LogP contribution is -2.24. The molecule has 2 heterocycles. The minimum Gasteiger partial charge on any atom is -0.461 e. The third-order valence-corrected chi connectivity index (χ3v) is 4.86. The zero-order valence-corrected chi connectivity index (χ0v) is 16.8. The largest absolute Gasteiger partial charge is 0.461 e. The van der Waals surface area contributed by atoms with Crippen LogP contribution in [-0.4, -0.2) is 46.7 Å². The van der Waals surface area contributed by atoms with Crippen molar-refractivity contribution in [3.05, 3.63) is 54.4 Å². The molecule has 0 bridgehead atoms. The van der Waals surface area contributed by atoms with Crippen LogP contribution in [0.5, 0.6) is 0 Å². The van der Waals surface area contributed by atoms with Gasteiger partial charge in [0.25, 0.3) is 0 Å². The summed E-state index contributed by atoms with van der Waals surface area (Å²) in [6.07, 6.45) is 0. The molecule has 1 aliphatic heterocycles. The molecule has 2 aromatic carbocycles. The van der Waals surface area contributed by atoms with Crippen molar-refractivity contribution in [2.75, 3.05) is 24.6 Å². The van der Waals surface area contributed by atoms with E-state index in [0.717, 1.165) is 35.5 Å². The zero-order chi connectivity index (χ0) is 20.4. The normalized spacial score (nSPS) is 14.2. The highest BCUT2D eigenvalue weighted by Gasteiger charge is 2.32. The second kappa shape index (κ2) is 7.87. The highest BCUT2D eigenvalue weighted by atomic mass is 16.5. The van der Waals surface area contributed by atoms with Crippen LogP contribution in [-0.2, 0) is 9.53 Å². The average molecular weight is 389 g/mol. The first-order valence-electron chi connectivity index (χ1n) is 9.84. The monoisotopic (exact) mass is 389 g/mol. The van der Waals surface area contributed by atoms with Gasteiger partial charge in [-0.15, -0.1) is 0 Å². The molecule has 0 fully saturated rings. The van der Waals surface area contributed by atoms with Crippen LogP contribution >= 0.6 is 0 Å². The summed E-state index contributed by atoms with van der Waals surface area (Å²) in [5.41, 5.74) is 4.10. The average Bonchev–Trinajstić information content (AvgIpc) is 3.27. The Labute approximate surface area is 169 Å². The van der Waals surface area contributed by atoms with Crippen molar-refractivity contribution >= 4 is 39.8 Å². The Balaban J connectivity index is 1.78. The minimum absolute atomic E-state index is 0.174. The van der Waals surface area contributed by atoms with Crippen LogP contribution < -0.4 is 4.90 Å². The molecule has 0 N–H and O–H groups in total. The third kappa shape index (κ3) is 3.40. The molecule has 0 atom stereocenters. The predicted molar refractivity (Wildman–Crippen MR) is 115 cm³/mol. The van der Waals surface area contributed by atoms with Gasteiger partial charge in [0.1, 0.15) is 5.71 Å². The number of carbonyl (C=O) groups excluding carboxylic acids is 1. The van der Waals surface area contributed by atoms with Gasteiger partial charge in [-0.05, 0) is 57.2 Å². The van der Waals surface area contributed by atoms with Gasteiger partial charge >= 0.3 is 5.97 Å². The Kier molecular flexibility index (Phi) is 5.12. The van der Waals surface area contributed by atoms with Crippen molar-refractivity contribution in [2.45, 2.75) is 20.8 Å². The van der Waals surface area contributed by atoms with Crippen molar-refractivity contribution in [3.8, 4) is 0 Å². The van der Waals surface area contributed by atoms with Crippen LogP contribution in [0.2, 0.25) is 0 Å². The second-order valence-corrected chi connectivity index (χ2v) is 6.55. The maximum atomic E-state index is 12.5. The number of para-hydroxylation sites is 2. The van der Waals surface area contributed by atoms with E-state index in [1.54, 1.807) is 11.6 Å². The number of carbonyl (C=O) groups is 1. The van der Waals surface area contributed by atoms with Gasteiger partial charge in [-0.1, -0.05) is 12.1 Å². The van der Waals surface area contributed by atoms with Crippen molar-refractivity contribution in [3.63, 3.8) is 0 Å². The summed E-state index contributed by atoms with van der Waals surface area (Å²) in [6, 6.07) is 15.6. The van der Waals surface area contributed by atoms with Gasteiger partial charge in [-0.25, -0.2) is 19.4 Å². The van der Waals surface area contributed by atoms with Gasteiger partial charge in [0.2, 0.25) is 0 Å². The smallest absolute Gasteiger partial charge is 0.361 e. The summed E-state index contributed by atoms with van der Waals surface area (Å²) in [5, 5.41) is 4.47. The molecule has 1 aromatic heterocycles. The molecule has 7 heteroatoms. The molecule has 0 saturated carbocycles. The number of imidazole rings is 1. The molecule has 0 spiro atoms. The number of aliphatic imine (C=N–C) groups is 1. The van der Waals surface area contributed by atoms with E-state index in [2.05, 4.69) is 28.8 Å². The van der Waals surface area contributed by atoms with Gasteiger partial charge in [-0.2, -0.15) is 5.10 Å². The Morgan fingerprint density at radius 2 is 1.79 bits per heavy atom. The van der Waals surface area contributed by atoms with E-state index in [-0.39, 0.29) is 12.3 Å². The lowest BCUT2D eigenvalue weighted by Gasteiger charge is -2.20. The molecule has 1 aliphatic rings. The number of hydrogen-bond acceptors (Lipinski definition) is 6. The molecule has 0 radical (unpaired) electrons.